The van der Waals surface area contributed by atoms with Crippen molar-refractivity contribution in [1.82, 2.24) is 4.98 Å². The van der Waals surface area contributed by atoms with Crippen molar-refractivity contribution < 1.29 is 36.6 Å². The molecule has 0 unspecified atom stereocenters. The second-order valence-corrected chi connectivity index (χ2v) is 3.33. The largest absolute Gasteiger partial charge is 0.573 e. The number of hydrogen-bond donors (Lipinski definition) is 2. The summed E-state index contributed by atoms with van der Waals surface area (Å²) >= 11 is 0. The Morgan fingerprint density at radius 1 is 1.47 bits per heavy atom. The van der Waals surface area contributed by atoms with Crippen molar-refractivity contribution in [3.05, 3.63) is 17.3 Å². The van der Waals surface area contributed by atoms with Crippen LogP contribution in [0.25, 0.3) is 0 Å². The Morgan fingerprint density at radius 3 is 2.47 bits per heavy atom. The van der Waals surface area contributed by atoms with Gasteiger partial charge in [-0.25, -0.2) is 13.8 Å². The minimum atomic E-state index is -5.12. The molecule has 0 aromatic carbocycles. The highest BCUT2D eigenvalue weighted by molar-refractivity contribution is 5.70. The zero-order valence-electron chi connectivity index (χ0n) is 9.04. The molecule has 19 heavy (non-hydrogen) atoms. The van der Waals surface area contributed by atoms with Gasteiger partial charge in [0.25, 0.3) is 6.43 Å². The summed E-state index contributed by atoms with van der Waals surface area (Å²) in [6, 6.07) is 0.332. The molecule has 0 atom stereocenters. The highest BCUT2D eigenvalue weighted by atomic mass is 19.4. The third kappa shape index (κ3) is 4.23. The summed E-state index contributed by atoms with van der Waals surface area (Å²) in [5, 5.41) is 8.48. The van der Waals surface area contributed by atoms with Gasteiger partial charge in [-0.1, -0.05) is 0 Å². The van der Waals surface area contributed by atoms with Gasteiger partial charge in [-0.15, -0.1) is 13.2 Å². The fraction of sp³-hybridized carbons (Fsp3) is 0.333. The first-order chi connectivity index (χ1) is 8.60. The van der Waals surface area contributed by atoms with Gasteiger partial charge in [0.05, 0.1) is 12.1 Å². The molecule has 1 aromatic heterocycles. The number of carboxylic acid groups (broad SMARTS) is 1. The number of pyridine rings is 1. The Morgan fingerprint density at radius 2 is 2.05 bits per heavy atom. The number of alkyl halides is 5. The summed E-state index contributed by atoms with van der Waals surface area (Å²) in [7, 11) is 0. The minimum absolute atomic E-state index is 0.332. The molecule has 0 fully saturated rings. The van der Waals surface area contributed by atoms with Gasteiger partial charge in [0.15, 0.2) is 11.6 Å². The number of nitrogens with zero attached hydrogens (tertiary/aromatic N) is 1. The highest BCUT2D eigenvalue weighted by Crippen LogP contribution is 2.33. The van der Waals surface area contributed by atoms with E-state index in [0.29, 0.717) is 6.07 Å². The monoisotopic (exact) mass is 286 g/mol. The molecule has 1 rings (SSSR count). The van der Waals surface area contributed by atoms with E-state index in [0.717, 1.165) is 0 Å². The third-order valence-corrected chi connectivity index (χ3v) is 1.91. The van der Waals surface area contributed by atoms with Crippen LogP contribution >= 0.6 is 0 Å². The lowest BCUT2D eigenvalue weighted by Crippen LogP contribution is -2.19. The van der Waals surface area contributed by atoms with Crippen molar-refractivity contribution in [3.63, 3.8) is 0 Å². The van der Waals surface area contributed by atoms with Gasteiger partial charge in [-0.05, 0) is 6.07 Å². The molecule has 10 heteroatoms. The van der Waals surface area contributed by atoms with Gasteiger partial charge in [-0.2, -0.15) is 0 Å². The number of nitrogens with two attached hydrogens (primary N) is 1. The van der Waals surface area contributed by atoms with E-state index in [9.17, 15) is 26.7 Å². The number of anilines is 1. The zero-order chi connectivity index (χ0) is 14.8. The number of aliphatic carboxylic acids is 1. The van der Waals surface area contributed by atoms with Crippen LogP contribution in [0.2, 0.25) is 0 Å². The third-order valence-electron chi connectivity index (χ3n) is 1.91. The first-order valence-corrected chi connectivity index (χ1v) is 4.65. The molecule has 0 aliphatic heterocycles. The van der Waals surface area contributed by atoms with Crippen LogP contribution in [0.5, 0.6) is 5.75 Å². The van der Waals surface area contributed by atoms with Gasteiger partial charge in [0.1, 0.15) is 0 Å². The minimum Gasteiger partial charge on any atom is -0.481 e. The molecule has 0 spiro atoms. The van der Waals surface area contributed by atoms with Crippen LogP contribution in [0.3, 0.4) is 0 Å². The summed E-state index contributed by atoms with van der Waals surface area (Å²) < 4.78 is 64.6. The maximum atomic E-state index is 12.6. The van der Waals surface area contributed by atoms with E-state index in [4.69, 9.17) is 10.8 Å². The summed E-state index contributed by atoms with van der Waals surface area (Å²) in [6.07, 6.45) is -9.22. The lowest BCUT2D eigenvalue weighted by Gasteiger charge is -2.14. The molecule has 5 nitrogen and oxygen atoms in total. The van der Waals surface area contributed by atoms with E-state index in [-0.39, 0.29) is 0 Å². The molecule has 0 aliphatic rings. The van der Waals surface area contributed by atoms with E-state index in [2.05, 4.69) is 9.72 Å². The van der Waals surface area contributed by atoms with E-state index >= 15 is 0 Å². The maximum Gasteiger partial charge on any atom is 0.573 e. The van der Waals surface area contributed by atoms with Crippen molar-refractivity contribution >= 4 is 11.8 Å². The Balaban J connectivity index is 3.24. The van der Waals surface area contributed by atoms with E-state index in [1.54, 1.807) is 0 Å². The van der Waals surface area contributed by atoms with Gasteiger partial charge in [-0.3, -0.25) is 4.79 Å². The maximum absolute atomic E-state index is 12.6. The quantitative estimate of drug-likeness (QED) is 0.828. The molecule has 0 aliphatic carbocycles. The molecule has 0 radical (unpaired) electrons. The SMILES string of the molecule is Nc1nc(CC(=O)O)c(C(F)F)cc1OC(F)(F)F. The van der Waals surface area contributed by atoms with E-state index in [1.165, 1.54) is 0 Å². The second-order valence-electron chi connectivity index (χ2n) is 3.33. The second kappa shape index (κ2) is 5.24. The average molecular weight is 286 g/mol. The topological polar surface area (TPSA) is 85.4 Å². The Labute approximate surface area is 102 Å². The number of ether oxygens (including phenoxy) is 1. The van der Waals surface area contributed by atoms with Gasteiger partial charge in [0, 0.05) is 5.56 Å². The lowest BCUT2D eigenvalue weighted by molar-refractivity contribution is -0.274. The number of carboxylic acids is 1. The molecule has 0 amide bonds. The predicted octanol–water partition coefficient (Wildman–Crippen LogP) is 2.13. The van der Waals surface area contributed by atoms with Crippen molar-refractivity contribution in [3.8, 4) is 5.75 Å². The van der Waals surface area contributed by atoms with Gasteiger partial charge in [0.2, 0.25) is 0 Å². The molecule has 1 heterocycles. The Hall–Kier alpha value is -2.13. The standard InChI is InChI=1S/C9H7F5N2O3/c10-7(11)3-1-5(19-9(12,13)14)8(15)16-4(3)2-6(17)18/h1,7H,2H2,(H2,15,16)(H,17,18). The van der Waals surface area contributed by atoms with Crippen molar-refractivity contribution in [2.24, 2.45) is 0 Å². The van der Waals surface area contributed by atoms with Gasteiger partial charge < -0.3 is 15.6 Å². The van der Waals surface area contributed by atoms with Crippen molar-refractivity contribution in [1.29, 1.82) is 0 Å². The van der Waals surface area contributed by atoms with E-state index in [1.807, 2.05) is 0 Å². The fourth-order valence-corrected chi connectivity index (χ4v) is 1.24. The molecule has 1 aromatic rings. The molecule has 0 saturated heterocycles. The van der Waals surface area contributed by atoms with Crippen molar-refractivity contribution in [2.45, 2.75) is 19.2 Å². The normalized spacial score (nSPS) is 11.7. The van der Waals surface area contributed by atoms with E-state index < -0.39 is 48.0 Å². The van der Waals surface area contributed by atoms with Crippen LogP contribution in [-0.2, 0) is 11.2 Å². The first-order valence-electron chi connectivity index (χ1n) is 4.65. The van der Waals surface area contributed by atoms with Crippen LogP contribution < -0.4 is 10.5 Å². The fourth-order valence-electron chi connectivity index (χ4n) is 1.24. The summed E-state index contributed by atoms with van der Waals surface area (Å²) in [6.45, 7) is 0. The first kappa shape index (κ1) is 14.9. The van der Waals surface area contributed by atoms with Crippen LogP contribution in [0, 0.1) is 0 Å². The van der Waals surface area contributed by atoms with Gasteiger partial charge >= 0.3 is 12.3 Å². The molecule has 106 valence electrons. The molecular weight excluding hydrogens is 279 g/mol. The number of halogens is 5. The lowest BCUT2D eigenvalue weighted by atomic mass is 10.1. The summed E-state index contributed by atoms with van der Waals surface area (Å²) in [4.78, 5) is 13.6. The molecule has 3 N–H and O–H groups in total. The van der Waals surface area contributed by atoms with Crippen LogP contribution in [0.4, 0.5) is 27.8 Å². The van der Waals surface area contributed by atoms with Crippen LogP contribution in [-0.4, -0.2) is 22.4 Å². The number of aromatic nitrogens is 1. The molecule has 0 bridgehead atoms. The smallest absolute Gasteiger partial charge is 0.481 e. The average Bonchev–Trinajstić information content (AvgIpc) is 2.18. The number of nitrogen functional groups attached to an aromatic ring is 1. The predicted molar refractivity (Wildman–Crippen MR) is 51.6 cm³/mol. The Kier molecular flexibility index (Phi) is 4.12. The highest BCUT2D eigenvalue weighted by Gasteiger charge is 2.33. The summed E-state index contributed by atoms with van der Waals surface area (Å²) in [5.41, 5.74) is 3.51. The zero-order valence-corrected chi connectivity index (χ0v) is 9.04. The number of rotatable bonds is 4. The number of carbonyl (C=O) groups is 1. The summed E-state index contributed by atoms with van der Waals surface area (Å²) in [5.74, 6) is -3.40. The van der Waals surface area contributed by atoms with Crippen LogP contribution in [0.1, 0.15) is 17.7 Å². The molecule has 0 saturated carbocycles. The Bertz CT molecular complexity index is 489. The molecular formula is C9H7F5N2O3. The number of hydrogen-bond acceptors (Lipinski definition) is 4. The van der Waals surface area contributed by atoms with Crippen molar-refractivity contribution in [2.75, 3.05) is 5.73 Å². The van der Waals surface area contributed by atoms with Crippen LogP contribution in [0.15, 0.2) is 6.07 Å².